The van der Waals surface area contributed by atoms with Gasteiger partial charge in [-0.25, -0.2) is 4.79 Å². The summed E-state index contributed by atoms with van der Waals surface area (Å²) in [6.07, 6.45) is 3.08. The summed E-state index contributed by atoms with van der Waals surface area (Å²) in [4.78, 5) is 13.5. The van der Waals surface area contributed by atoms with Crippen molar-refractivity contribution >= 4 is 6.09 Å². The lowest BCUT2D eigenvalue weighted by molar-refractivity contribution is 0.118. The van der Waals surface area contributed by atoms with Gasteiger partial charge in [0, 0.05) is 6.54 Å². The minimum absolute atomic E-state index is 0.0653. The van der Waals surface area contributed by atoms with Crippen LogP contribution >= 0.6 is 0 Å². The van der Waals surface area contributed by atoms with Gasteiger partial charge in [0.2, 0.25) is 0 Å². The molecule has 0 aromatic heterocycles. The molecule has 0 saturated carbocycles. The van der Waals surface area contributed by atoms with Crippen molar-refractivity contribution < 1.29 is 14.6 Å². The van der Waals surface area contributed by atoms with Gasteiger partial charge in [-0.3, -0.25) is 0 Å². The van der Waals surface area contributed by atoms with Gasteiger partial charge >= 0.3 is 6.09 Å². The first-order chi connectivity index (χ1) is 8.22. The molecule has 5 nitrogen and oxygen atoms in total. The van der Waals surface area contributed by atoms with E-state index in [2.05, 4.69) is 21.9 Å². The molecule has 1 fully saturated rings. The maximum atomic E-state index is 11.0. The molecule has 0 bridgehead atoms. The van der Waals surface area contributed by atoms with Crippen molar-refractivity contribution in [3.63, 3.8) is 0 Å². The quantitative estimate of drug-likeness (QED) is 0.679. The van der Waals surface area contributed by atoms with Gasteiger partial charge in [0.25, 0.3) is 0 Å². The monoisotopic (exact) mass is 244 g/mol. The van der Waals surface area contributed by atoms with Crippen LogP contribution < -0.4 is 5.32 Å². The van der Waals surface area contributed by atoms with Gasteiger partial charge in [-0.1, -0.05) is 6.92 Å². The Bertz CT molecular complexity index is 216. The van der Waals surface area contributed by atoms with Gasteiger partial charge in [-0.15, -0.1) is 0 Å². The fraction of sp³-hybridized carbons (Fsp3) is 0.917. The van der Waals surface area contributed by atoms with E-state index in [1.165, 1.54) is 25.9 Å². The van der Waals surface area contributed by atoms with Gasteiger partial charge in [0.1, 0.15) is 6.61 Å². The van der Waals surface area contributed by atoms with Crippen LogP contribution in [0.25, 0.3) is 0 Å². The van der Waals surface area contributed by atoms with Crippen molar-refractivity contribution in [2.75, 3.05) is 39.4 Å². The van der Waals surface area contributed by atoms with E-state index >= 15 is 0 Å². The molecule has 1 heterocycles. The molecule has 0 atom stereocenters. The van der Waals surface area contributed by atoms with Crippen molar-refractivity contribution in [1.82, 2.24) is 10.2 Å². The zero-order valence-corrected chi connectivity index (χ0v) is 10.7. The Morgan fingerprint density at radius 3 is 2.82 bits per heavy atom. The number of piperidine rings is 1. The first-order valence-corrected chi connectivity index (χ1v) is 6.46. The van der Waals surface area contributed by atoms with Crippen LogP contribution in [0.1, 0.15) is 26.2 Å². The van der Waals surface area contributed by atoms with E-state index in [0.29, 0.717) is 6.54 Å². The number of alkyl carbamates (subject to hydrolysis) is 1. The highest BCUT2D eigenvalue weighted by atomic mass is 16.6. The van der Waals surface area contributed by atoms with Crippen LogP contribution in [0.4, 0.5) is 4.79 Å². The molecule has 1 aliphatic heterocycles. The number of carbonyl (C=O) groups excluding carboxylic acids is 1. The van der Waals surface area contributed by atoms with E-state index in [9.17, 15) is 4.79 Å². The highest BCUT2D eigenvalue weighted by Gasteiger charge is 2.14. The highest BCUT2D eigenvalue weighted by Crippen LogP contribution is 2.15. The molecule has 17 heavy (non-hydrogen) atoms. The Morgan fingerprint density at radius 1 is 1.47 bits per heavy atom. The van der Waals surface area contributed by atoms with Crippen LogP contribution in [0, 0.1) is 5.92 Å². The van der Waals surface area contributed by atoms with Crippen molar-refractivity contribution in [3.8, 4) is 0 Å². The number of likely N-dealkylation sites (tertiary alicyclic amines) is 1. The van der Waals surface area contributed by atoms with Crippen LogP contribution in [0.2, 0.25) is 0 Å². The molecular weight excluding hydrogens is 220 g/mol. The Morgan fingerprint density at radius 2 is 2.18 bits per heavy atom. The van der Waals surface area contributed by atoms with Gasteiger partial charge in [0.05, 0.1) is 6.61 Å². The first-order valence-electron chi connectivity index (χ1n) is 6.46. The summed E-state index contributed by atoms with van der Waals surface area (Å²) in [5.74, 6) is 0.859. The molecule has 0 aromatic carbocycles. The first kappa shape index (κ1) is 14.3. The third-order valence-electron chi connectivity index (χ3n) is 3.12. The Hall–Kier alpha value is -0.810. The predicted octanol–water partition coefficient (Wildman–Crippen LogP) is 0.827. The van der Waals surface area contributed by atoms with Gasteiger partial charge in [-0.05, 0) is 44.8 Å². The summed E-state index contributed by atoms with van der Waals surface area (Å²) in [6.45, 7) is 6.26. The predicted molar refractivity (Wildman–Crippen MR) is 65.9 cm³/mol. The zero-order valence-electron chi connectivity index (χ0n) is 10.7. The molecule has 0 unspecified atom stereocenters. The number of amides is 1. The number of nitrogens with one attached hydrogen (secondary N) is 1. The molecule has 1 saturated heterocycles. The zero-order chi connectivity index (χ0) is 12.5. The Balaban J connectivity index is 1.95. The number of rotatable bonds is 6. The molecule has 2 N–H and O–H groups in total. The minimum atomic E-state index is -0.439. The molecule has 0 aromatic rings. The lowest BCUT2D eigenvalue weighted by Crippen LogP contribution is -2.35. The molecule has 100 valence electrons. The molecule has 1 aliphatic rings. The SMILES string of the molecule is CC1CCN(CCCNC(=O)OCCO)CC1. The molecule has 5 heteroatoms. The fourth-order valence-electron chi connectivity index (χ4n) is 1.97. The maximum Gasteiger partial charge on any atom is 0.407 e. The van der Waals surface area contributed by atoms with E-state index in [1.54, 1.807) is 0 Å². The van der Waals surface area contributed by atoms with E-state index in [1.807, 2.05) is 0 Å². The third kappa shape index (κ3) is 6.48. The number of ether oxygens (including phenoxy) is 1. The molecule has 1 amide bonds. The van der Waals surface area contributed by atoms with Crippen LogP contribution in [0.3, 0.4) is 0 Å². The van der Waals surface area contributed by atoms with Gasteiger partial charge in [0.15, 0.2) is 0 Å². The van der Waals surface area contributed by atoms with Crippen molar-refractivity contribution in [2.45, 2.75) is 26.2 Å². The van der Waals surface area contributed by atoms with Crippen molar-refractivity contribution in [1.29, 1.82) is 0 Å². The number of hydrogen-bond acceptors (Lipinski definition) is 4. The van der Waals surface area contributed by atoms with E-state index < -0.39 is 6.09 Å². The summed E-state index contributed by atoms with van der Waals surface area (Å²) >= 11 is 0. The van der Waals surface area contributed by atoms with Crippen LogP contribution in [0.15, 0.2) is 0 Å². The molecule has 0 radical (unpaired) electrons. The largest absolute Gasteiger partial charge is 0.447 e. The third-order valence-corrected chi connectivity index (χ3v) is 3.12. The summed E-state index contributed by atoms with van der Waals surface area (Å²) in [7, 11) is 0. The lowest BCUT2D eigenvalue weighted by atomic mass is 9.99. The molecule has 1 rings (SSSR count). The topological polar surface area (TPSA) is 61.8 Å². The number of hydrogen-bond donors (Lipinski definition) is 2. The fourth-order valence-corrected chi connectivity index (χ4v) is 1.97. The van der Waals surface area contributed by atoms with Gasteiger partial charge in [-0.2, -0.15) is 0 Å². The Labute approximate surface area is 103 Å². The molecule has 0 aliphatic carbocycles. The summed E-state index contributed by atoms with van der Waals surface area (Å²) in [6, 6.07) is 0. The van der Waals surface area contributed by atoms with Crippen LogP contribution in [-0.4, -0.2) is 55.5 Å². The number of aliphatic hydroxyl groups excluding tert-OH is 1. The molecular formula is C12H24N2O3. The van der Waals surface area contributed by atoms with Crippen LogP contribution in [0.5, 0.6) is 0 Å². The maximum absolute atomic E-state index is 11.0. The second-order valence-corrected chi connectivity index (χ2v) is 4.66. The smallest absolute Gasteiger partial charge is 0.407 e. The minimum Gasteiger partial charge on any atom is -0.447 e. The average Bonchev–Trinajstić information content (AvgIpc) is 2.34. The van der Waals surface area contributed by atoms with Gasteiger partial charge < -0.3 is 20.1 Å². The van der Waals surface area contributed by atoms with Crippen molar-refractivity contribution in [2.24, 2.45) is 5.92 Å². The van der Waals surface area contributed by atoms with E-state index in [0.717, 1.165) is 18.9 Å². The second kappa shape index (κ2) is 8.31. The number of nitrogens with zero attached hydrogens (tertiary/aromatic N) is 1. The summed E-state index contributed by atoms with van der Waals surface area (Å²) < 4.78 is 4.68. The van der Waals surface area contributed by atoms with E-state index in [4.69, 9.17) is 5.11 Å². The second-order valence-electron chi connectivity index (χ2n) is 4.66. The summed E-state index contributed by atoms with van der Waals surface area (Å²) in [5, 5.41) is 11.1. The average molecular weight is 244 g/mol. The number of carbonyl (C=O) groups is 1. The van der Waals surface area contributed by atoms with E-state index in [-0.39, 0.29) is 13.2 Å². The normalized spacial score (nSPS) is 18.0. The standard InChI is InChI=1S/C12H24N2O3/c1-11-3-7-14(8-4-11)6-2-5-13-12(16)17-10-9-15/h11,15H,2-10H2,1H3,(H,13,16). The molecule has 0 spiro atoms. The summed E-state index contributed by atoms with van der Waals surface area (Å²) in [5.41, 5.74) is 0. The number of aliphatic hydroxyl groups is 1. The Kier molecular flexibility index (Phi) is 6.96. The van der Waals surface area contributed by atoms with Crippen LogP contribution in [-0.2, 0) is 4.74 Å². The highest BCUT2D eigenvalue weighted by molar-refractivity contribution is 5.66. The van der Waals surface area contributed by atoms with Crippen molar-refractivity contribution in [3.05, 3.63) is 0 Å². The lowest BCUT2D eigenvalue weighted by Gasteiger charge is -2.30.